The Kier molecular flexibility index (Phi) is 4.17. The Morgan fingerprint density at radius 3 is 3.00 bits per heavy atom. The van der Waals surface area contributed by atoms with Gasteiger partial charge in [-0.3, -0.25) is 10.1 Å². The fraction of sp³-hybridized carbons (Fsp3) is 0.231. The van der Waals surface area contributed by atoms with Crippen LogP contribution >= 0.6 is 23.4 Å². The summed E-state index contributed by atoms with van der Waals surface area (Å²) in [4.78, 5) is 10.6. The zero-order chi connectivity index (χ0) is 13.9. The van der Waals surface area contributed by atoms with Crippen molar-refractivity contribution in [3.05, 3.63) is 57.5 Å². The fourth-order valence-corrected chi connectivity index (χ4v) is 2.94. The van der Waals surface area contributed by atoms with Gasteiger partial charge in [-0.1, -0.05) is 30.0 Å². The summed E-state index contributed by atoms with van der Waals surface area (Å²) in [6.07, 6.45) is 5.25. The van der Waals surface area contributed by atoms with E-state index in [0.717, 1.165) is 15.6 Å². The van der Waals surface area contributed by atoms with Crippen LogP contribution in [0.2, 0.25) is 0 Å². The van der Waals surface area contributed by atoms with Crippen LogP contribution < -0.4 is 4.74 Å². The molecule has 0 bridgehead atoms. The first kappa shape index (κ1) is 14.0. The molecule has 0 aliphatic heterocycles. The number of allylic oxidation sites excluding steroid dienone is 1. The van der Waals surface area contributed by atoms with Crippen molar-refractivity contribution in [3.63, 3.8) is 0 Å². The molecule has 1 aliphatic rings. The molecule has 1 unspecified atom stereocenters. The predicted octanol–water partition coefficient (Wildman–Crippen LogP) is 3.84. The Hall–Kier alpha value is -1.46. The van der Waals surface area contributed by atoms with Gasteiger partial charge in [0.25, 0.3) is 0 Å². The largest absolute Gasteiger partial charge is 0.497 e. The van der Waals surface area contributed by atoms with Crippen LogP contribution in [0.4, 0.5) is 0 Å². The lowest BCUT2D eigenvalue weighted by atomic mass is 10.1. The van der Waals surface area contributed by atoms with Crippen LogP contribution in [-0.2, 0) is 0 Å². The molecule has 0 aromatic heterocycles. The molecular weight excluding hydrogens is 286 g/mol. The third kappa shape index (κ3) is 3.30. The summed E-state index contributed by atoms with van der Waals surface area (Å²) in [7, 11) is 1.60. The maximum Gasteiger partial charge on any atom is 0.318 e. The van der Waals surface area contributed by atoms with Gasteiger partial charge in [0.15, 0.2) is 0 Å². The summed E-state index contributed by atoms with van der Waals surface area (Å²) in [5.74, 6) is 0.747. The zero-order valence-electron chi connectivity index (χ0n) is 10.2. The molecule has 0 amide bonds. The van der Waals surface area contributed by atoms with E-state index in [9.17, 15) is 10.1 Å². The molecule has 1 aromatic carbocycles. The third-order valence-corrected chi connectivity index (χ3v) is 4.01. The van der Waals surface area contributed by atoms with Crippen molar-refractivity contribution in [1.82, 2.24) is 0 Å². The van der Waals surface area contributed by atoms with Gasteiger partial charge in [0.05, 0.1) is 13.5 Å². The summed E-state index contributed by atoms with van der Waals surface area (Å²) in [5.41, 5.74) is 0. The Labute approximate surface area is 120 Å². The summed E-state index contributed by atoms with van der Waals surface area (Å²) >= 11 is 7.38. The van der Waals surface area contributed by atoms with Gasteiger partial charge in [-0.25, -0.2) is 0 Å². The van der Waals surface area contributed by atoms with Crippen molar-refractivity contribution in [2.24, 2.45) is 0 Å². The van der Waals surface area contributed by atoms with E-state index in [1.54, 1.807) is 13.2 Å². The van der Waals surface area contributed by atoms with Crippen molar-refractivity contribution in [2.75, 3.05) is 7.11 Å². The minimum atomic E-state index is -1.53. The Bertz CT molecular complexity index is 559. The van der Waals surface area contributed by atoms with Crippen molar-refractivity contribution >= 4 is 23.4 Å². The number of methoxy groups -OCH3 is 1. The zero-order valence-corrected chi connectivity index (χ0v) is 11.8. The fourth-order valence-electron chi connectivity index (χ4n) is 1.66. The second-order valence-corrected chi connectivity index (χ2v) is 5.81. The van der Waals surface area contributed by atoms with Crippen molar-refractivity contribution in [3.8, 4) is 5.75 Å². The van der Waals surface area contributed by atoms with Gasteiger partial charge >= 0.3 is 5.00 Å². The molecule has 1 atom stereocenters. The number of hydrogen-bond acceptors (Lipinski definition) is 4. The molecule has 2 rings (SSSR count). The first-order valence-corrected chi connectivity index (χ1v) is 6.78. The van der Waals surface area contributed by atoms with Gasteiger partial charge < -0.3 is 4.74 Å². The van der Waals surface area contributed by atoms with Gasteiger partial charge in [-0.05, 0) is 29.8 Å². The van der Waals surface area contributed by atoms with E-state index < -0.39 is 9.92 Å². The highest BCUT2D eigenvalue weighted by molar-refractivity contribution is 8.03. The molecular formula is C13H12ClNO3S. The average molecular weight is 298 g/mol. The number of nitrogens with zero attached hydrogens (tertiary/aromatic N) is 1. The molecule has 4 nitrogen and oxygen atoms in total. The summed E-state index contributed by atoms with van der Waals surface area (Å²) in [6, 6.07) is 7.50. The van der Waals surface area contributed by atoms with E-state index in [1.165, 1.54) is 17.8 Å². The SMILES string of the molecule is COc1cccc(SC2=CC(Cl)([N+](=O)[O-])CC=C2)c1. The highest BCUT2D eigenvalue weighted by atomic mass is 35.5. The van der Waals surface area contributed by atoms with Gasteiger partial charge in [-0.15, -0.1) is 0 Å². The van der Waals surface area contributed by atoms with E-state index in [-0.39, 0.29) is 6.42 Å². The van der Waals surface area contributed by atoms with E-state index in [0.29, 0.717) is 0 Å². The molecule has 0 spiro atoms. The maximum atomic E-state index is 10.9. The van der Waals surface area contributed by atoms with E-state index in [4.69, 9.17) is 16.3 Å². The Balaban J connectivity index is 2.20. The van der Waals surface area contributed by atoms with E-state index >= 15 is 0 Å². The highest BCUT2D eigenvalue weighted by Gasteiger charge is 2.38. The molecule has 19 heavy (non-hydrogen) atoms. The normalized spacial score (nSPS) is 21.9. The molecule has 1 aromatic rings. The second-order valence-electron chi connectivity index (χ2n) is 4.01. The highest BCUT2D eigenvalue weighted by Crippen LogP contribution is 2.37. The molecule has 100 valence electrons. The predicted molar refractivity (Wildman–Crippen MR) is 76.3 cm³/mol. The lowest BCUT2D eigenvalue weighted by molar-refractivity contribution is -0.527. The number of benzene rings is 1. The molecule has 1 aliphatic carbocycles. The first-order chi connectivity index (χ1) is 9.03. The van der Waals surface area contributed by atoms with Crippen LogP contribution in [0.1, 0.15) is 6.42 Å². The number of ether oxygens (including phenoxy) is 1. The third-order valence-electron chi connectivity index (χ3n) is 2.63. The maximum absolute atomic E-state index is 10.9. The summed E-state index contributed by atoms with van der Waals surface area (Å²) in [5, 5.41) is 10.9. The van der Waals surface area contributed by atoms with E-state index in [2.05, 4.69) is 0 Å². The lowest BCUT2D eigenvalue weighted by Crippen LogP contribution is -2.30. The van der Waals surface area contributed by atoms with Crippen molar-refractivity contribution < 1.29 is 9.66 Å². The number of halogens is 1. The molecule has 0 saturated heterocycles. The minimum absolute atomic E-state index is 0.198. The summed E-state index contributed by atoms with van der Waals surface area (Å²) in [6.45, 7) is 0. The average Bonchev–Trinajstić information content (AvgIpc) is 2.39. The van der Waals surface area contributed by atoms with Crippen LogP contribution in [0.15, 0.2) is 52.3 Å². The smallest absolute Gasteiger partial charge is 0.318 e. The van der Waals surface area contributed by atoms with Crippen LogP contribution in [0.5, 0.6) is 5.75 Å². The molecule has 0 saturated carbocycles. The van der Waals surface area contributed by atoms with Gasteiger partial charge in [-0.2, -0.15) is 0 Å². The van der Waals surface area contributed by atoms with Crippen molar-refractivity contribution in [1.29, 1.82) is 0 Å². The van der Waals surface area contributed by atoms with Crippen LogP contribution in [0, 0.1) is 10.1 Å². The molecule has 0 heterocycles. The topological polar surface area (TPSA) is 52.4 Å². The second kappa shape index (κ2) is 5.67. The van der Waals surface area contributed by atoms with Gasteiger partial charge in [0.2, 0.25) is 0 Å². The molecule has 6 heteroatoms. The monoisotopic (exact) mass is 297 g/mol. The van der Waals surface area contributed by atoms with E-state index in [1.807, 2.05) is 30.3 Å². The first-order valence-electron chi connectivity index (χ1n) is 5.58. The van der Waals surface area contributed by atoms with Crippen LogP contribution in [0.25, 0.3) is 0 Å². The molecule has 0 radical (unpaired) electrons. The standard InChI is InChI=1S/C13H12ClNO3S/c1-18-10-4-2-5-11(8-10)19-12-6-3-7-13(14,9-12)15(16)17/h2-6,8-9H,7H2,1H3. The van der Waals surface area contributed by atoms with Gasteiger partial charge in [0.1, 0.15) is 5.75 Å². The van der Waals surface area contributed by atoms with Gasteiger partial charge in [0, 0.05) is 20.8 Å². The van der Waals surface area contributed by atoms with Crippen LogP contribution in [-0.4, -0.2) is 17.0 Å². The number of rotatable bonds is 4. The quantitative estimate of drug-likeness (QED) is 0.367. The number of alkyl halides is 1. The summed E-state index contributed by atoms with van der Waals surface area (Å²) < 4.78 is 5.14. The number of thioether (sulfide) groups is 1. The number of nitro groups is 1. The molecule has 0 fully saturated rings. The minimum Gasteiger partial charge on any atom is -0.497 e. The Morgan fingerprint density at radius 2 is 2.32 bits per heavy atom. The lowest BCUT2D eigenvalue weighted by Gasteiger charge is -2.17. The number of hydrogen-bond donors (Lipinski definition) is 0. The Morgan fingerprint density at radius 1 is 1.53 bits per heavy atom. The molecule has 0 N–H and O–H groups in total. The van der Waals surface area contributed by atoms with Crippen molar-refractivity contribution in [2.45, 2.75) is 16.3 Å². The van der Waals surface area contributed by atoms with Crippen LogP contribution in [0.3, 0.4) is 0 Å².